The van der Waals surface area contributed by atoms with Crippen LogP contribution in [0, 0.1) is 10.1 Å². The van der Waals surface area contributed by atoms with Gasteiger partial charge in [-0.3, -0.25) is 15.3 Å². The molecule has 0 bridgehead atoms. The molecule has 3 amide bonds. The first-order valence-electron chi connectivity index (χ1n) is 5.36. The van der Waals surface area contributed by atoms with Gasteiger partial charge in [-0.05, 0) is 6.07 Å². The number of ether oxygens (including phenoxy) is 1. The maximum atomic E-state index is 11.0. The Morgan fingerprint density at radius 2 is 2.29 bits per heavy atom. The number of furan rings is 1. The maximum absolute atomic E-state index is 11.0. The number of hydrogen-bond donors (Lipinski definition) is 3. The van der Waals surface area contributed by atoms with Crippen LogP contribution in [-0.4, -0.2) is 46.6 Å². The van der Waals surface area contributed by atoms with Crippen LogP contribution in [0.1, 0.15) is 5.76 Å². The van der Waals surface area contributed by atoms with Crippen molar-refractivity contribution in [3.05, 3.63) is 28.0 Å². The molecule has 0 radical (unpaired) electrons. The zero-order valence-corrected chi connectivity index (χ0v) is 10.5. The molecule has 1 fully saturated rings. The summed E-state index contributed by atoms with van der Waals surface area (Å²) in [6.07, 6.45) is 0.678. The van der Waals surface area contributed by atoms with Crippen molar-refractivity contribution < 1.29 is 28.9 Å². The van der Waals surface area contributed by atoms with Gasteiger partial charge >= 0.3 is 18.0 Å². The molecule has 0 aliphatic carbocycles. The van der Waals surface area contributed by atoms with E-state index in [1.54, 1.807) is 0 Å². The highest BCUT2D eigenvalue weighted by atomic mass is 16.6. The fourth-order valence-electron chi connectivity index (χ4n) is 1.13. The molecule has 0 spiro atoms. The van der Waals surface area contributed by atoms with Crippen LogP contribution < -0.4 is 11.2 Å². The van der Waals surface area contributed by atoms with Gasteiger partial charge in [-0.2, -0.15) is 10.1 Å². The molecule has 2 rings (SSSR count). The van der Waals surface area contributed by atoms with Crippen LogP contribution in [0.15, 0.2) is 21.7 Å². The first-order chi connectivity index (χ1) is 9.93. The Balaban J connectivity index is 0.000000383. The maximum Gasteiger partial charge on any atom is 0.433 e. The van der Waals surface area contributed by atoms with E-state index in [-0.39, 0.29) is 18.3 Å². The summed E-state index contributed by atoms with van der Waals surface area (Å²) < 4.78 is 9.44. The van der Waals surface area contributed by atoms with Gasteiger partial charge in [-0.15, -0.1) is 0 Å². The quantitative estimate of drug-likeness (QED) is 0.305. The predicted molar refractivity (Wildman–Crippen MR) is 65.5 cm³/mol. The smallest absolute Gasteiger partial charge is 0.433 e. The average molecular weight is 301 g/mol. The van der Waals surface area contributed by atoms with Crippen molar-refractivity contribution >= 4 is 24.2 Å². The second kappa shape index (κ2) is 7.44. The lowest BCUT2D eigenvalue weighted by Crippen LogP contribution is -2.25. The molecule has 1 aromatic rings. The largest absolute Gasteiger partial charge is 0.446 e. The fourth-order valence-corrected chi connectivity index (χ4v) is 1.13. The van der Waals surface area contributed by atoms with Crippen LogP contribution in [0.2, 0.25) is 0 Å². The first-order valence-corrected chi connectivity index (χ1v) is 5.36. The summed E-state index contributed by atoms with van der Waals surface area (Å²) in [6, 6.07) is 1.66. The normalized spacial score (nSPS) is 13.6. The number of nitrogens with one attached hydrogen (secondary N) is 1. The third kappa shape index (κ3) is 5.15. The minimum atomic E-state index is -0.940. The number of nitrogens with zero attached hydrogens (tertiary/aromatic N) is 3. The van der Waals surface area contributed by atoms with Crippen LogP contribution in [0.3, 0.4) is 0 Å². The van der Waals surface area contributed by atoms with E-state index >= 15 is 0 Å². The van der Waals surface area contributed by atoms with E-state index in [0.717, 1.165) is 5.01 Å². The molecular weight excluding hydrogens is 290 g/mol. The lowest BCUT2D eigenvalue weighted by molar-refractivity contribution is -0.402. The predicted octanol–water partition coefficient (Wildman–Crippen LogP) is 0.0178. The Labute approximate surface area is 116 Å². The molecule has 1 aromatic heterocycles. The molecule has 114 valence electrons. The Kier molecular flexibility index (Phi) is 5.64. The number of hydrazone groups is 1. The Hall–Kier alpha value is -3.15. The van der Waals surface area contributed by atoms with Gasteiger partial charge in [-0.25, -0.2) is 15.1 Å². The second-order valence-corrected chi connectivity index (χ2v) is 3.39. The number of hydroxylamine groups is 1. The monoisotopic (exact) mass is 301 g/mol. The molecule has 0 aromatic carbocycles. The Morgan fingerprint density at radius 3 is 2.71 bits per heavy atom. The van der Waals surface area contributed by atoms with Gasteiger partial charge in [-0.1, -0.05) is 0 Å². The zero-order chi connectivity index (χ0) is 15.8. The van der Waals surface area contributed by atoms with Crippen LogP contribution in [0.4, 0.5) is 15.5 Å². The summed E-state index contributed by atoms with van der Waals surface area (Å²) in [6.45, 7) is 0.645. The Morgan fingerprint density at radius 1 is 1.62 bits per heavy atom. The van der Waals surface area contributed by atoms with Gasteiger partial charge in [0.15, 0.2) is 5.76 Å². The lowest BCUT2D eigenvalue weighted by atomic mass is 10.5. The number of nitrogens with two attached hydrogens (primary N) is 1. The number of carbonyl (C=O) groups excluding carboxylic acids is 2. The summed E-state index contributed by atoms with van der Waals surface area (Å²) in [5.74, 6) is -0.170. The summed E-state index contributed by atoms with van der Waals surface area (Å²) in [5.41, 5.74) is 5.46. The lowest BCUT2D eigenvalue weighted by Gasteiger charge is -2.01. The van der Waals surface area contributed by atoms with Crippen molar-refractivity contribution in [1.82, 2.24) is 10.5 Å². The van der Waals surface area contributed by atoms with Crippen LogP contribution in [0.5, 0.6) is 0 Å². The number of amides is 3. The van der Waals surface area contributed by atoms with Crippen molar-refractivity contribution in [2.24, 2.45) is 10.8 Å². The summed E-state index contributed by atoms with van der Waals surface area (Å²) >= 11 is 0. The third-order valence-corrected chi connectivity index (χ3v) is 1.97. The molecule has 0 atom stereocenters. The molecule has 2 heterocycles. The van der Waals surface area contributed by atoms with Crippen molar-refractivity contribution in [3.8, 4) is 0 Å². The average Bonchev–Trinajstić information content (AvgIpc) is 3.06. The minimum absolute atomic E-state index is 0.200. The molecule has 12 heteroatoms. The topological polar surface area (TPSA) is 174 Å². The molecule has 1 aliphatic heterocycles. The van der Waals surface area contributed by atoms with E-state index in [1.165, 1.54) is 23.8 Å². The summed E-state index contributed by atoms with van der Waals surface area (Å²) in [5, 5.41) is 22.6. The number of urea groups is 1. The number of cyclic esters (lactones) is 1. The van der Waals surface area contributed by atoms with Gasteiger partial charge in [0.05, 0.1) is 18.8 Å². The van der Waals surface area contributed by atoms with E-state index in [0.29, 0.717) is 6.54 Å². The SMILES string of the molecule is NC(=O)NO.O=C1OCCN1N=Cc1ccc([N+](=O)[O-])o1. The molecule has 0 unspecified atom stereocenters. The minimum Gasteiger partial charge on any atom is -0.446 e. The van der Waals surface area contributed by atoms with E-state index in [2.05, 4.69) is 15.6 Å². The highest BCUT2D eigenvalue weighted by Gasteiger charge is 2.21. The van der Waals surface area contributed by atoms with Crippen molar-refractivity contribution in [2.45, 2.75) is 0 Å². The standard InChI is InChI=1S/C8H7N3O5.CH4N2O2/c12-8-10(3-4-15-8)9-5-6-1-2-7(16-6)11(13)14;2-1(4)3-5/h1-2,5H,3-4H2;5H,(H3,2,3,4). The summed E-state index contributed by atoms with van der Waals surface area (Å²) in [7, 11) is 0. The number of rotatable bonds is 3. The summed E-state index contributed by atoms with van der Waals surface area (Å²) in [4.78, 5) is 29.8. The molecule has 4 N–H and O–H groups in total. The van der Waals surface area contributed by atoms with Crippen molar-refractivity contribution in [2.75, 3.05) is 13.2 Å². The molecule has 1 saturated heterocycles. The van der Waals surface area contributed by atoms with Crippen molar-refractivity contribution in [3.63, 3.8) is 0 Å². The number of primary amides is 1. The number of nitro groups is 1. The van der Waals surface area contributed by atoms with Gasteiger partial charge in [0, 0.05) is 0 Å². The van der Waals surface area contributed by atoms with E-state index in [4.69, 9.17) is 9.62 Å². The van der Waals surface area contributed by atoms with E-state index in [9.17, 15) is 19.7 Å². The number of hydrogen-bond acceptors (Lipinski definition) is 8. The first kappa shape index (κ1) is 15.9. The fraction of sp³-hybridized carbons (Fsp3) is 0.222. The van der Waals surface area contributed by atoms with Crippen molar-refractivity contribution in [1.29, 1.82) is 0 Å². The van der Waals surface area contributed by atoms with E-state index < -0.39 is 17.0 Å². The van der Waals surface area contributed by atoms with Crippen LogP contribution in [0.25, 0.3) is 0 Å². The van der Waals surface area contributed by atoms with Gasteiger partial charge < -0.3 is 14.9 Å². The highest BCUT2D eigenvalue weighted by Crippen LogP contribution is 2.14. The van der Waals surface area contributed by atoms with Gasteiger partial charge in [0.25, 0.3) is 0 Å². The zero-order valence-electron chi connectivity index (χ0n) is 10.5. The molecule has 1 aliphatic rings. The highest BCUT2D eigenvalue weighted by molar-refractivity contribution is 5.78. The second-order valence-electron chi connectivity index (χ2n) is 3.39. The van der Waals surface area contributed by atoms with E-state index in [1.807, 2.05) is 0 Å². The number of carbonyl (C=O) groups is 2. The van der Waals surface area contributed by atoms with Gasteiger partial charge in [0.1, 0.15) is 11.5 Å². The third-order valence-electron chi connectivity index (χ3n) is 1.97. The molecule has 12 nitrogen and oxygen atoms in total. The van der Waals surface area contributed by atoms with Crippen LogP contribution >= 0.6 is 0 Å². The molecule has 21 heavy (non-hydrogen) atoms. The Bertz CT molecular complexity index is 554. The molecular formula is C9H11N5O7. The molecule has 0 saturated carbocycles. The van der Waals surface area contributed by atoms with Gasteiger partial charge in [0.2, 0.25) is 0 Å². The van der Waals surface area contributed by atoms with Crippen LogP contribution in [-0.2, 0) is 4.74 Å².